The molecule has 3 rings (SSSR count). The van der Waals surface area contributed by atoms with Gasteiger partial charge in [0, 0.05) is 32.7 Å². The first kappa shape index (κ1) is 18.9. The van der Waals surface area contributed by atoms with E-state index in [0.717, 1.165) is 12.5 Å². The molecule has 0 aliphatic carbocycles. The van der Waals surface area contributed by atoms with Crippen molar-refractivity contribution in [2.24, 2.45) is 4.99 Å². The van der Waals surface area contributed by atoms with Crippen LogP contribution in [-0.2, 0) is 4.79 Å². The number of amides is 3. The molecular weight excluding hydrogens is 351 g/mol. The number of carbonyl (C=O) groups is 2. The molecule has 8 nitrogen and oxygen atoms in total. The highest BCUT2D eigenvalue weighted by molar-refractivity contribution is 6.01. The number of urea groups is 1. The van der Waals surface area contributed by atoms with E-state index in [1.807, 2.05) is 17.9 Å². The summed E-state index contributed by atoms with van der Waals surface area (Å²) < 4.78 is 14.0. The number of para-hydroxylation sites is 1. The lowest BCUT2D eigenvalue weighted by molar-refractivity contribution is -0.124. The normalized spacial score (nSPS) is 18.1. The number of nitrogens with zero attached hydrogens (tertiary/aromatic N) is 4. The molecule has 0 spiro atoms. The summed E-state index contributed by atoms with van der Waals surface area (Å²) in [6.07, 6.45) is 0. The van der Waals surface area contributed by atoms with Crippen LogP contribution in [0.4, 0.5) is 14.9 Å². The topological polar surface area (TPSA) is 80.3 Å². The Bertz CT molecular complexity index is 702. The van der Waals surface area contributed by atoms with Gasteiger partial charge in [-0.3, -0.25) is 14.7 Å². The third kappa shape index (κ3) is 4.47. The van der Waals surface area contributed by atoms with E-state index in [0.29, 0.717) is 38.4 Å². The summed E-state index contributed by atoms with van der Waals surface area (Å²) in [6.45, 7) is 6.17. The minimum absolute atomic E-state index is 0.0562. The van der Waals surface area contributed by atoms with Crippen molar-refractivity contribution in [1.82, 2.24) is 20.4 Å². The van der Waals surface area contributed by atoms with Crippen molar-refractivity contribution in [1.29, 1.82) is 0 Å². The lowest BCUT2D eigenvalue weighted by Crippen LogP contribution is -2.53. The molecule has 2 saturated heterocycles. The van der Waals surface area contributed by atoms with Gasteiger partial charge >= 0.3 is 6.03 Å². The summed E-state index contributed by atoms with van der Waals surface area (Å²) in [7, 11) is 0. The fraction of sp³-hybridized carbons (Fsp3) is 0.500. The summed E-state index contributed by atoms with van der Waals surface area (Å²) in [5.41, 5.74) is 0.623. The van der Waals surface area contributed by atoms with Crippen LogP contribution in [0.2, 0.25) is 0 Å². The van der Waals surface area contributed by atoms with Crippen molar-refractivity contribution in [3.63, 3.8) is 0 Å². The number of halogens is 1. The Hall–Kier alpha value is -2.84. The summed E-state index contributed by atoms with van der Waals surface area (Å²) in [5, 5.41) is 5.74. The maximum Gasteiger partial charge on any atom is 0.324 e. The molecule has 2 aliphatic rings. The smallest absolute Gasteiger partial charge is 0.324 e. The number of nitrogens with one attached hydrogen (secondary N) is 2. The number of aliphatic imine (C=N–C) groups is 1. The van der Waals surface area contributed by atoms with Crippen molar-refractivity contribution in [3.05, 3.63) is 30.1 Å². The van der Waals surface area contributed by atoms with Crippen LogP contribution in [0.15, 0.2) is 29.3 Å². The average molecular weight is 376 g/mol. The zero-order valence-electron chi connectivity index (χ0n) is 15.4. The molecule has 1 aromatic rings. The Morgan fingerprint density at radius 2 is 1.96 bits per heavy atom. The molecule has 2 aliphatic heterocycles. The van der Waals surface area contributed by atoms with Gasteiger partial charge in [0.2, 0.25) is 5.91 Å². The molecule has 3 amide bonds. The third-order valence-corrected chi connectivity index (χ3v) is 4.63. The van der Waals surface area contributed by atoms with E-state index in [1.165, 1.54) is 11.0 Å². The van der Waals surface area contributed by atoms with Crippen LogP contribution >= 0.6 is 0 Å². The van der Waals surface area contributed by atoms with Crippen molar-refractivity contribution in [2.45, 2.75) is 6.92 Å². The Balaban J connectivity index is 1.57. The largest absolute Gasteiger partial charge is 0.366 e. The highest BCUT2D eigenvalue weighted by atomic mass is 19.1. The van der Waals surface area contributed by atoms with Crippen LogP contribution in [0.3, 0.4) is 0 Å². The molecule has 0 atom stereocenters. The van der Waals surface area contributed by atoms with Gasteiger partial charge in [-0.05, 0) is 19.1 Å². The molecule has 146 valence electrons. The number of anilines is 1. The second-order valence-electron chi connectivity index (χ2n) is 6.37. The second-order valence-corrected chi connectivity index (χ2v) is 6.37. The molecule has 0 saturated carbocycles. The summed E-state index contributed by atoms with van der Waals surface area (Å²) >= 11 is 0. The molecule has 0 unspecified atom stereocenters. The highest BCUT2D eigenvalue weighted by Gasteiger charge is 2.28. The van der Waals surface area contributed by atoms with Crippen LogP contribution in [0.1, 0.15) is 6.92 Å². The van der Waals surface area contributed by atoms with Crippen LogP contribution in [-0.4, -0.2) is 80.1 Å². The monoisotopic (exact) mass is 376 g/mol. The first-order valence-corrected chi connectivity index (χ1v) is 9.21. The van der Waals surface area contributed by atoms with E-state index in [-0.39, 0.29) is 30.8 Å². The Labute approximate surface area is 158 Å². The number of rotatable bonds is 5. The lowest BCUT2D eigenvalue weighted by Gasteiger charge is -2.37. The van der Waals surface area contributed by atoms with Gasteiger partial charge in [-0.15, -0.1) is 0 Å². The lowest BCUT2D eigenvalue weighted by atomic mass is 10.2. The molecule has 2 fully saturated rings. The van der Waals surface area contributed by atoms with Gasteiger partial charge in [0.15, 0.2) is 5.96 Å². The van der Waals surface area contributed by atoms with Gasteiger partial charge in [-0.25, -0.2) is 9.18 Å². The summed E-state index contributed by atoms with van der Waals surface area (Å²) in [6, 6.07) is 6.44. The van der Waals surface area contributed by atoms with Crippen LogP contribution < -0.4 is 15.5 Å². The maximum absolute atomic E-state index is 14.0. The van der Waals surface area contributed by atoms with Gasteiger partial charge < -0.3 is 20.4 Å². The number of carbonyl (C=O) groups excluding carboxylic acids is 2. The fourth-order valence-corrected chi connectivity index (χ4v) is 3.23. The molecule has 1 aromatic carbocycles. The molecule has 0 radical (unpaired) electrons. The van der Waals surface area contributed by atoms with E-state index in [1.54, 1.807) is 12.1 Å². The number of piperazine rings is 1. The number of benzene rings is 1. The Kier molecular flexibility index (Phi) is 6.10. The summed E-state index contributed by atoms with van der Waals surface area (Å²) in [5.74, 6) is 0.316. The predicted octanol–water partition coefficient (Wildman–Crippen LogP) is 0.465. The number of hydrogen-bond donors (Lipinski definition) is 2. The Morgan fingerprint density at radius 1 is 1.22 bits per heavy atom. The number of guanidine groups is 1. The zero-order valence-corrected chi connectivity index (χ0v) is 15.4. The molecule has 0 aromatic heterocycles. The molecule has 9 heteroatoms. The number of imide groups is 1. The van der Waals surface area contributed by atoms with Gasteiger partial charge in [-0.1, -0.05) is 12.1 Å². The van der Waals surface area contributed by atoms with Gasteiger partial charge in [-0.2, -0.15) is 0 Å². The minimum Gasteiger partial charge on any atom is -0.366 e. The second kappa shape index (κ2) is 8.70. The molecule has 0 bridgehead atoms. The molecule has 2 N–H and O–H groups in total. The average Bonchev–Trinajstić information content (AvgIpc) is 3.00. The fourth-order valence-electron chi connectivity index (χ4n) is 3.23. The van der Waals surface area contributed by atoms with Crippen molar-refractivity contribution in [2.75, 3.05) is 57.3 Å². The SMILES string of the molecule is CCNC(=NCCN1C(=O)CNC1=O)N1CCN(c2ccccc2F)CC1. The van der Waals surface area contributed by atoms with Gasteiger partial charge in [0.25, 0.3) is 0 Å². The summed E-state index contributed by atoms with van der Waals surface area (Å²) in [4.78, 5) is 33.1. The predicted molar refractivity (Wildman–Crippen MR) is 101 cm³/mol. The van der Waals surface area contributed by atoms with E-state index >= 15 is 0 Å². The quantitative estimate of drug-likeness (QED) is 0.444. The molecule has 2 heterocycles. The molecular formula is C18H25FN6O2. The van der Waals surface area contributed by atoms with Crippen LogP contribution in [0.25, 0.3) is 0 Å². The first-order chi connectivity index (χ1) is 13.1. The van der Waals surface area contributed by atoms with Crippen molar-refractivity contribution in [3.8, 4) is 0 Å². The number of hydrogen-bond acceptors (Lipinski definition) is 4. The van der Waals surface area contributed by atoms with E-state index in [2.05, 4.69) is 20.5 Å². The van der Waals surface area contributed by atoms with Crippen molar-refractivity contribution < 1.29 is 14.0 Å². The standard InChI is InChI=1S/C18H25FN6O2/c1-2-20-17(21-7-8-25-16(26)13-22-18(25)27)24-11-9-23(10-12-24)15-6-4-3-5-14(15)19/h3-6H,2,7-13H2,1H3,(H,20,21)(H,22,27). The van der Waals surface area contributed by atoms with E-state index in [9.17, 15) is 14.0 Å². The maximum atomic E-state index is 14.0. The first-order valence-electron chi connectivity index (χ1n) is 9.21. The van der Waals surface area contributed by atoms with E-state index in [4.69, 9.17) is 0 Å². The van der Waals surface area contributed by atoms with Gasteiger partial charge in [0.05, 0.1) is 25.3 Å². The zero-order chi connectivity index (χ0) is 19.2. The van der Waals surface area contributed by atoms with Gasteiger partial charge in [0.1, 0.15) is 5.82 Å². The highest BCUT2D eigenvalue weighted by Crippen LogP contribution is 2.20. The van der Waals surface area contributed by atoms with Crippen LogP contribution in [0, 0.1) is 5.82 Å². The van der Waals surface area contributed by atoms with Crippen molar-refractivity contribution >= 4 is 23.6 Å². The minimum atomic E-state index is -0.362. The van der Waals surface area contributed by atoms with E-state index < -0.39 is 0 Å². The van der Waals surface area contributed by atoms with Crippen LogP contribution in [0.5, 0.6) is 0 Å². The Morgan fingerprint density at radius 3 is 2.59 bits per heavy atom. The molecule has 27 heavy (non-hydrogen) atoms. The third-order valence-electron chi connectivity index (χ3n) is 4.63.